The molecule has 0 aliphatic carbocycles. The number of esters is 1. The number of anilines is 2. The van der Waals surface area contributed by atoms with Crippen molar-refractivity contribution in [1.82, 2.24) is 0 Å². The lowest BCUT2D eigenvalue weighted by atomic mass is 9.83. The van der Waals surface area contributed by atoms with Crippen LogP contribution in [0.5, 0.6) is 0 Å². The summed E-state index contributed by atoms with van der Waals surface area (Å²) >= 11 is 12.0. The van der Waals surface area contributed by atoms with Gasteiger partial charge < -0.3 is 9.64 Å². The van der Waals surface area contributed by atoms with Crippen LogP contribution >= 0.6 is 23.2 Å². The minimum Gasteiger partial charge on any atom is -0.454 e. The number of para-hydroxylation sites is 1. The van der Waals surface area contributed by atoms with Crippen LogP contribution in [0, 0.1) is 0 Å². The molecule has 0 amide bonds. The average Bonchev–Trinajstić information content (AvgIpc) is 3.04. The second-order valence-electron chi connectivity index (χ2n) is 9.03. The third kappa shape index (κ3) is 5.51. The molecule has 0 saturated carbocycles. The molecule has 3 aromatic carbocycles. The zero-order chi connectivity index (χ0) is 27.0. The van der Waals surface area contributed by atoms with Crippen LogP contribution in [0.3, 0.4) is 0 Å². The van der Waals surface area contributed by atoms with E-state index in [9.17, 15) is 18.0 Å². The van der Waals surface area contributed by atoms with E-state index in [1.807, 2.05) is 50.1 Å². The quantitative estimate of drug-likeness (QED) is 0.289. The molecule has 1 heterocycles. The van der Waals surface area contributed by atoms with Crippen molar-refractivity contribution in [2.75, 3.05) is 23.3 Å². The van der Waals surface area contributed by atoms with E-state index < -0.39 is 33.8 Å². The van der Waals surface area contributed by atoms with E-state index in [0.29, 0.717) is 5.02 Å². The standard InChI is InChI=1S/C27H24Cl2N2O5S/c1-27(2)21-6-4-5-7-23(21)31(3)25(27)15-20(32)16-36-26(33)17-8-13-22(29)24(14-17)37(34,35)30-19-11-9-18(28)10-12-19/h4-15,30H,16H2,1-3H3. The Morgan fingerprint density at radius 1 is 1.03 bits per heavy atom. The van der Waals surface area contributed by atoms with Crippen LogP contribution in [0.15, 0.2) is 83.4 Å². The first-order valence-electron chi connectivity index (χ1n) is 11.2. The van der Waals surface area contributed by atoms with Gasteiger partial charge in [-0.3, -0.25) is 9.52 Å². The number of likely N-dealkylation sites (N-methyl/N-ethyl adjacent to an activating group) is 1. The van der Waals surface area contributed by atoms with Crippen LogP contribution in [-0.2, 0) is 25.0 Å². The van der Waals surface area contributed by atoms with Gasteiger partial charge in [0, 0.05) is 40.6 Å². The lowest BCUT2D eigenvalue weighted by Crippen LogP contribution is -2.25. The van der Waals surface area contributed by atoms with Crippen molar-refractivity contribution in [3.63, 3.8) is 0 Å². The number of ketones is 1. The van der Waals surface area contributed by atoms with E-state index in [1.165, 1.54) is 42.5 Å². The number of hydrogen-bond donors (Lipinski definition) is 1. The van der Waals surface area contributed by atoms with Crippen LogP contribution in [0.2, 0.25) is 10.0 Å². The second-order valence-corrected chi connectivity index (χ2v) is 11.5. The maximum atomic E-state index is 12.9. The first kappa shape index (κ1) is 26.7. The molecule has 0 atom stereocenters. The van der Waals surface area contributed by atoms with Crippen molar-refractivity contribution < 1.29 is 22.7 Å². The number of carbonyl (C=O) groups excluding carboxylic acids is 2. The maximum absolute atomic E-state index is 12.9. The zero-order valence-electron chi connectivity index (χ0n) is 20.3. The molecule has 0 bridgehead atoms. The Kier molecular flexibility index (Phi) is 7.37. The Hall–Kier alpha value is -3.33. The van der Waals surface area contributed by atoms with E-state index in [0.717, 1.165) is 23.0 Å². The molecule has 0 spiro atoms. The number of sulfonamides is 1. The predicted molar refractivity (Wildman–Crippen MR) is 145 cm³/mol. The number of carbonyl (C=O) groups is 2. The normalized spacial score (nSPS) is 15.4. The molecule has 0 saturated heterocycles. The molecule has 3 aromatic rings. The summed E-state index contributed by atoms with van der Waals surface area (Å²) in [5.74, 6) is -1.25. The van der Waals surface area contributed by atoms with Crippen LogP contribution in [0.1, 0.15) is 29.8 Å². The number of allylic oxidation sites excluding steroid dienone is 1. The van der Waals surface area contributed by atoms with Gasteiger partial charge in [-0.25, -0.2) is 13.2 Å². The smallest absolute Gasteiger partial charge is 0.338 e. The number of nitrogens with zero attached hydrogens (tertiary/aromatic N) is 1. The molecule has 37 heavy (non-hydrogen) atoms. The number of fused-ring (bicyclic) bond motifs is 1. The number of benzene rings is 3. The highest BCUT2D eigenvalue weighted by atomic mass is 35.5. The fourth-order valence-corrected chi connectivity index (χ4v) is 5.95. The van der Waals surface area contributed by atoms with Gasteiger partial charge in [0.1, 0.15) is 4.90 Å². The summed E-state index contributed by atoms with van der Waals surface area (Å²) in [4.78, 5) is 27.0. The lowest BCUT2D eigenvalue weighted by molar-refractivity contribution is -0.117. The molecule has 1 aliphatic heterocycles. The summed E-state index contributed by atoms with van der Waals surface area (Å²) in [5, 5.41) is 0.369. The third-order valence-electron chi connectivity index (χ3n) is 6.14. The van der Waals surface area contributed by atoms with Crippen molar-refractivity contribution in [3.05, 3.63) is 99.7 Å². The Balaban J connectivity index is 1.47. The fourth-order valence-electron chi connectivity index (χ4n) is 4.24. The Bertz CT molecular complexity index is 1520. The summed E-state index contributed by atoms with van der Waals surface area (Å²) in [7, 11) is -2.24. The van der Waals surface area contributed by atoms with Gasteiger partial charge in [-0.05, 0) is 54.1 Å². The first-order chi connectivity index (χ1) is 17.4. The minimum absolute atomic E-state index is 0.0629. The van der Waals surface area contributed by atoms with Crippen LogP contribution in [0.4, 0.5) is 11.4 Å². The maximum Gasteiger partial charge on any atom is 0.338 e. The van der Waals surface area contributed by atoms with Gasteiger partial charge >= 0.3 is 5.97 Å². The minimum atomic E-state index is -4.12. The monoisotopic (exact) mass is 558 g/mol. The number of nitrogens with one attached hydrogen (secondary N) is 1. The van der Waals surface area contributed by atoms with Crippen LogP contribution < -0.4 is 9.62 Å². The predicted octanol–water partition coefficient (Wildman–Crippen LogP) is 5.83. The van der Waals surface area contributed by atoms with E-state index in [2.05, 4.69) is 4.72 Å². The molecule has 7 nitrogen and oxygen atoms in total. The molecule has 0 unspecified atom stereocenters. The zero-order valence-corrected chi connectivity index (χ0v) is 22.6. The number of hydrogen-bond acceptors (Lipinski definition) is 6. The highest BCUT2D eigenvalue weighted by Gasteiger charge is 2.38. The molecule has 4 rings (SSSR count). The molecule has 1 aliphatic rings. The topological polar surface area (TPSA) is 92.8 Å². The molecule has 10 heteroatoms. The van der Waals surface area contributed by atoms with Gasteiger partial charge in [-0.15, -0.1) is 0 Å². The third-order valence-corrected chi connectivity index (χ3v) is 8.25. The summed E-state index contributed by atoms with van der Waals surface area (Å²) in [5.41, 5.74) is 2.69. The van der Waals surface area contributed by atoms with E-state index in [1.54, 1.807) is 0 Å². The second kappa shape index (κ2) is 10.2. The van der Waals surface area contributed by atoms with Gasteiger partial charge in [0.05, 0.1) is 10.6 Å². The summed E-state index contributed by atoms with van der Waals surface area (Å²) in [6, 6.07) is 17.7. The Morgan fingerprint density at radius 3 is 2.38 bits per heavy atom. The number of ether oxygens (including phenoxy) is 1. The van der Waals surface area contributed by atoms with Crippen molar-refractivity contribution in [1.29, 1.82) is 0 Å². The average molecular weight is 559 g/mol. The van der Waals surface area contributed by atoms with E-state index >= 15 is 0 Å². The fraction of sp³-hybridized carbons (Fsp3) is 0.185. The van der Waals surface area contributed by atoms with Gasteiger partial charge in [0.15, 0.2) is 12.4 Å². The SMILES string of the molecule is CN1C(=CC(=O)COC(=O)c2ccc(Cl)c(S(=O)(=O)Nc3ccc(Cl)cc3)c2)C(C)(C)c2ccccc21. The van der Waals surface area contributed by atoms with E-state index in [4.69, 9.17) is 27.9 Å². The Morgan fingerprint density at radius 2 is 1.70 bits per heavy atom. The van der Waals surface area contributed by atoms with Gasteiger partial charge in [-0.2, -0.15) is 0 Å². The molecular weight excluding hydrogens is 535 g/mol. The van der Waals surface area contributed by atoms with Crippen molar-refractivity contribution in [2.45, 2.75) is 24.2 Å². The molecule has 0 radical (unpaired) electrons. The lowest BCUT2D eigenvalue weighted by Gasteiger charge is -2.23. The molecular formula is C27H24Cl2N2O5S. The largest absolute Gasteiger partial charge is 0.454 e. The molecule has 0 fully saturated rings. The van der Waals surface area contributed by atoms with Crippen LogP contribution in [-0.4, -0.2) is 33.8 Å². The molecule has 192 valence electrons. The van der Waals surface area contributed by atoms with Gasteiger partial charge in [0.2, 0.25) is 0 Å². The summed E-state index contributed by atoms with van der Waals surface area (Å²) in [6.45, 7) is 3.54. The molecule has 0 aromatic heterocycles. The van der Waals surface area contributed by atoms with E-state index in [-0.39, 0.29) is 21.2 Å². The summed E-state index contributed by atoms with van der Waals surface area (Å²) < 4.78 is 33.3. The number of halogens is 2. The van der Waals surface area contributed by atoms with Crippen molar-refractivity contribution in [3.8, 4) is 0 Å². The highest BCUT2D eigenvalue weighted by molar-refractivity contribution is 7.92. The van der Waals surface area contributed by atoms with Gasteiger partial charge in [-0.1, -0.05) is 55.2 Å². The highest BCUT2D eigenvalue weighted by Crippen LogP contribution is 2.46. The van der Waals surface area contributed by atoms with Crippen molar-refractivity contribution >= 4 is 56.4 Å². The molecule has 1 N–H and O–H groups in total. The summed E-state index contributed by atoms with van der Waals surface area (Å²) in [6.07, 6.45) is 1.47. The Labute approximate surface area is 225 Å². The number of rotatable bonds is 7. The van der Waals surface area contributed by atoms with Crippen molar-refractivity contribution in [2.24, 2.45) is 0 Å². The first-order valence-corrected chi connectivity index (χ1v) is 13.5. The van der Waals surface area contributed by atoms with Gasteiger partial charge in [0.25, 0.3) is 10.0 Å². The van der Waals surface area contributed by atoms with Crippen LogP contribution in [0.25, 0.3) is 0 Å².